The summed E-state index contributed by atoms with van der Waals surface area (Å²) in [7, 11) is 1.49. The topological polar surface area (TPSA) is 109 Å². The lowest BCUT2D eigenvalue weighted by atomic mass is 10.2. The van der Waals surface area contributed by atoms with Crippen LogP contribution in [0.4, 0.5) is 5.69 Å². The smallest absolute Gasteiger partial charge is 0.362 e. The predicted molar refractivity (Wildman–Crippen MR) is 118 cm³/mol. The Morgan fingerprint density at radius 2 is 1.78 bits per heavy atom. The van der Waals surface area contributed by atoms with E-state index in [1.54, 1.807) is 43.3 Å². The number of ether oxygens (including phenoxy) is 3. The maximum absolute atomic E-state index is 12.7. The van der Waals surface area contributed by atoms with Crippen molar-refractivity contribution in [3.63, 3.8) is 0 Å². The van der Waals surface area contributed by atoms with E-state index >= 15 is 0 Å². The fourth-order valence-corrected chi connectivity index (χ4v) is 2.94. The van der Waals surface area contributed by atoms with Crippen molar-refractivity contribution in [3.05, 3.63) is 76.2 Å². The predicted octanol–water partition coefficient (Wildman–Crippen LogP) is 2.74. The highest BCUT2D eigenvalue weighted by Gasteiger charge is 2.21. The minimum absolute atomic E-state index is 0.109. The average Bonchev–Trinajstić information content (AvgIpc) is 2.79. The maximum Gasteiger partial charge on any atom is 0.362 e. The number of hydrogen-bond acceptors (Lipinski definition) is 7. The molecule has 0 aliphatic rings. The van der Waals surface area contributed by atoms with Crippen molar-refractivity contribution in [2.24, 2.45) is 0 Å². The third-order valence-corrected chi connectivity index (χ3v) is 4.45. The molecule has 1 aromatic heterocycles. The van der Waals surface area contributed by atoms with E-state index in [1.165, 1.54) is 7.11 Å². The number of amides is 1. The average molecular weight is 437 g/mol. The fraction of sp³-hybridized carbons (Fsp3) is 0.217. The van der Waals surface area contributed by atoms with Crippen molar-refractivity contribution < 1.29 is 23.8 Å². The number of hydrogen-bond donors (Lipinski definition) is 1. The van der Waals surface area contributed by atoms with Crippen LogP contribution in [0, 0.1) is 6.92 Å². The Labute approximate surface area is 184 Å². The number of esters is 1. The highest BCUT2D eigenvalue weighted by Crippen LogP contribution is 2.23. The van der Waals surface area contributed by atoms with Crippen LogP contribution in [0.3, 0.4) is 0 Å². The van der Waals surface area contributed by atoms with E-state index < -0.39 is 24.0 Å². The van der Waals surface area contributed by atoms with Gasteiger partial charge in [-0.05, 0) is 37.6 Å². The molecule has 32 heavy (non-hydrogen) atoms. The van der Waals surface area contributed by atoms with Crippen LogP contribution in [-0.2, 0) is 9.53 Å². The second-order valence-corrected chi connectivity index (χ2v) is 6.65. The van der Waals surface area contributed by atoms with Crippen molar-refractivity contribution in [3.8, 4) is 17.2 Å². The number of anilines is 1. The van der Waals surface area contributed by atoms with Crippen LogP contribution in [0.5, 0.6) is 11.5 Å². The number of methoxy groups -OCH3 is 1. The number of nitrogens with one attached hydrogen (secondary N) is 1. The molecule has 0 saturated heterocycles. The summed E-state index contributed by atoms with van der Waals surface area (Å²) in [4.78, 5) is 37.5. The first-order chi connectivity index (χ1) is 15.4. The summed E-state index contributed by atoms with van der Waals surface area (Å²) in [5.74, 6) is -0.939. The van der Waals surface area contributed by atoms with E-state index in [0.29, 0.717) is 17.1 Å². The van der Waals surface area contributed by atoms with Gasteiger partial charge in [-0.25, -0.2) is 4.79 Å². The number of carbonyl (C=O) groups excluding carboxylic acids is 2. The van der Waals surface area contributed by atoms with Crippen LogP contribution in [-0.4, -0.2) is 42.0 Å². The number of benzene rings is 2. The van der Waals surface area contributed by atoms with Gasteiger partial charge in [-0.1, -0.05) is 30.3 Å². The lowest BCUT2D eigenvalue weighted by Crippen LogP contribution is -2.27. The third-order valence-electron chi connectivity index (χ3n) is 4.45. The van der Waals surface area contributed by atoms with E-state index in [2.05, 4.69) is 10.4 Å². The Bertz CT molecular complexity index is 1190. The van der Waals surface area contributed by atoms with Crippen LogP contribution < -0.4 is 20.3 Å². The van der Waals surface area contributed by atoms with E-state index in [0.717, 1.165) is 16.3 Å². The number of rotatable bonds is 8. The monoisotopic (exact) mass is 437 g/mol. The molecule has 0 aliphatic carbocycles. The third kappa shape index (κ3) is 5.12. The van der Waals surface area contributed by atoms with E-state index in [9.17, 15) is 14.4 Å². The summed E-state index contributed by atoms with van der Waals surface area (Å²) in [6.07, 6.45) is 0. The molecule has 0 bridgehead atoms. The first-order valence-corrected chi connectivity index (χ1v) is 9.87. The molecule has 0 radical (unpaired) electrons. The Morgan fingerprint density at radius 1 is 1.06 bits per heavy atom. The largest absolute Gasteiger partial charge is 0.495 e. The zero-order valence-corrected chi connectivity index (χ0v) is 18.0. The van der Waals surface area contributed by atoms with Gasteiger partial charge in [-0.2, -0.15) is 9.78 Å². The van der Waals surface area contributed by atoms with Gasteiger partial charge in [-0.15, -0.1) is 0 Å². The molecule has 0 aliphatic heterocycles. The van der Waals surface area contributed by atoms with Crippen molar-refractivity contribution >= 4 is 17.6 Å². The first-order valence-electron chi connectivity index (χ1n) is 9.87. The molecule has 0 unspecified atom stereocenters. The zero-order chi connectivity index (χ0) is 23.1. The van der Waals surface area contributed by atoms with Crippen LogP contribution in [0.25, 0.3) is 5.69 Å². The standard InChI is InChI=1S/C23H23N3O6/c1-4-31-23(29)22-19(13-21(28)26(25-22)17-11-7-5-9-15(17)2)32-14-20(27)24-16-10-6-8-12-18(16)30-3/h5-13H,4,14H2,1-3H3,(H,24,27). The minimum atomic E-state index is -0.769. The van der Waals surface area contributed by atoms with Crippen LogP contribution in [0.2, 0.25) is 0 Å². The van der Waals surface area contributed by atoms with E-state index in [1.807, 2.05) is 19.1 Å². The number of aromatic nitrogens is 2. The summed E-state index contributed by atoms with van der Waals surface area (Å²) in [5.41, 5.74) is 1.04. The van der Waals surface area contributed by atoms with Crippen molar-refractivity contribution in [2.75, 3.05) is 25.6 Å². The van der Waals surface area contributed by atoms with Crippen LogP contribution >= 0.6 is 0 Å². The SMILES string of the molecule is CCOC(=O)c1nn(-c2ccccc2C)c(=O)cc1OCC(=O)Nc1ccccc1OC. The van der Waals surface area contributed by atoms with Gasteiger partial charge in [-0.3, -0.25) is 9.59 Å². The summed E-state index contributed by atoms with van der Waals surface area (Å²) in [6, 6.07) is 15.1. The number of nitrogens with zero attached hydrogens (tertiary/aromatic N) is 2. The van der Waals surface area contributed by atoms with Gasteiger partial charge < -0.3 is 19.5 Å². The van der Waals surface area contributed by atoms with Crippen LogP contribution in [0.1, 0.15) is 23.0 Å². The van der Waals surface area contributed by atoms with Crippen molar-refractivity contribution in [2.45, 2.75) is 13.8 Å². The molecule has 9 nitrogen and oxygen atoms in total. The Balaban J connectivity index is 1.87. The molecule has 9 heteroatoms. The Morgan fingerprint density at radius 3 is 2.50 bits per heavy atom. The molecular weight excluding hydrogens is 414 g/mol. The molecule has 2 aromatic carbocycles. The molecule has 0 atom stereocenters. The lowest BCUT2D eigenvalue weighted by Gasteiger charge is -2.14. The van der Waals surface area contributed by atoms with Crippen molar-refractivity contribution in [1.29, 1.82) is 0 Å². The molecule has 0 fully saturated rings. The maximum atomic E-state index is 12.7. The first kappa shape index (κ1) is 22.5. The molecule has 0 saturated carbocycles. The van der Waals surface area contributed by atoms with Crippen LogP contribution in [0.15, 0.2) is 59.4 Å². The Hall–Kier alpha value is -4.14. The van der Waals surface area contributed by atoms with E-state index in [4.69, 9.17) is 14.2 Å². The van der Waals surface area contributed by atoms with Gasteiger partial charge in [0, 0.05) is 0 Å². The molecule has 1 N–H and O–H groups in total. The molecule has 0 spiro atoms. The van der Waals surface area contributed by atoms with Gasteiger partial charge in [0.25, 0.3) is 11.5 Å². The second kappa shape index (κ2) is 10.3. The Kier molecular flexibility index (Phi) is 7.22. The van der Waals surface area contributed by atoms with Gasteiger partial charge in [0.05, 0.1) is 31.2 Å². The number of carbonyl (C=O) groups is 2. The summed E-state index contributed by atoms with van der Waals surface area (Å²) in [5, 5.41) is 6.82. The molecular formula is C23H23N3O6. The zero-order valence-electron chi connectivity index (χ0n) is 18.0. The minimum Gasteiger partial charge on any atom is -0.495 e. The fourth-order valence-electron chi connectivity index (χ4n) is 2.94. The molecule has 3 aromatic rings. The molecule has 1 heterocycles. The van der Waals surface area contributed by atoms with Gasteiger partial charge in [0.2, 0.25) is 5.69 Å². The number of aryl methyl sites for hydroxylation is 1. The highest BCUT2D eigenvalue weighted by atomic mass is 16.5. The van der Waals surface area contributed by atoms with E-state index in [-0.39, 0.29) is 18.1 Å². The number of para-hydroxylation sites is 3. The lowest BCUT2D eigenvalue weighted by molar-refractivity contribution is -0.118. The summed E-state index contributed by atoms with van der Waals surface area (Å²) in [6.45, 7) is 3.12. The molecule has 166 valence electrons. The summed E-state index contributed by atoms with van der Waals surface area (Å²) < 4.78 is 16.8. The summed E-state index contributed by atoms with van der Waals surface area (Å²) >= 11 is 0. The quantitative estimate of drug-likeness (QED) is 0.540. The van der Waals surface area contributed by atoms with Gasteiger partial charge in [0.15, 0.2) is 12.4 Å². The van der Waals surface area contributed by atoms with Gasteiger partial charge >= 0.3 is 5.97 Å². The van der Waals surface area contributed by atoms with Gasteiger partial charge in [0.1, 0.15) is 5.75 Å². The normalized spacial score (nSPS) is 10.3. The molecule has 3 rings (SSSR count). The molecule has 1 amide bonds. The highest BCUT2D eigenvalue weighted by molar-refractivity contribution is 5.94. The second-order valence-electron chi connectivity index (χ2n) is 6.65. The van der Waals surface area contributed by atoms with Crippen molar-refractivity contribution in [1.82, 2.24) is 9.78 Å².